The number of H-pyrrole nitrogens is 1. The lowest BCUT2D eigenvalue weighted by Gasteiger charge is -2.09. The van der Waals surface area contributed by atoms with Gasteiger partial charge < -0.3 is 30.8 Å². The Morgan fingerprint density at radius 1 is 1.30 bits per heavy atom. The summed E-state index contributed by atoms with van der Waals surface area (Å²) in [4.78, 5) is 31.8. The molecule has 33 heavy (non-hydrogen) atoms. The van der Waals surface area contributed by atoms with Crippen LogP contribution >= 0.6 is 0 Å². The Balaban J connectivity index is 1.62. The number of carbonyl (C=O) groups excluding carboxylic acids is 1. The normalized spacial score (nSPS) is 13.1. The first kappa shape index (κ1) is 22.2. The summed E-state index contributed by atoms with van der Waals surface area (Å²) in [5.74, 6) is 1.05. The molecule has 0 spiro atoms. The number of carbonyl (C=O) groups is 1. The number of halogens is 2. The first-order valence-corrected chi connectivity index (χ1v) is 10.1. The van der Waals surface area contributed by atoms with Gasteiger partial charge in [0.2, 0.25) is 5.95 Å². The summed E-state index contributed by atoms with van der Waals surface area (Å²) in [6.45, 7) is -2.35. The van der Waals surface area contributed by atoms with Crippen molar-refractivity contribution in [2.45, 2.75) is 25.4 Å². The van der Waals surface area contributed by atoms with Gasteiger partial charge in [0.05, 0.1) is 24.2 Å². The molecular weight excluding hydrogens is 438 g/mol. The number of nitrogens with one attached hydrogen (secondary N) is 3. The van der Waals surface area contributed by atoms with Gasteiger partial charge in [-0.2, -0.15) is 8.78 Å². The second kappa shape index (κ2) is 9.63. The SMILES string of the molecule is COC(=O)NCCNc1nccc(-c2[nH]c(C3CC3)nc2-c2cnc(N)c(OC(F)F)c2)n1. The van der Waals surface area contributed by atoms with Gasteiger partial charge in [-0.3, -0.25) is 0 Å². The van der Waals surface area contributed by atoms with Crippen LogP contribution in [0.1, 0.15) is 24.6 Å². The molecule has 1 fully saturated rings. The van der Waals surface area contributed by atoms with E-state index in [2.05, 4.69) is 45.0 Å². The van der Waals surface area contributed by atoms with E-state index in [-0.39, 0.29) is 11.6 Å². The number of nitrogens with two attached hydrogens (primary N) is 1. The minimum absolute atomic E-state index is 0.146. The number of aromatic nitrogens is 5. The smallest absolute Gasteiger partial charge is 0.406 e. The molecule has 0 atom stereocenters. The maximum atomic E-state index is 12.8. The number of alkyl halides is 2. The molecule has 13 heteroatoms. The van der Waals surface area contributed by atoms with Gasteiger partial charge in [-0.25, -0.2) is 24.7 Å². The molecule has 3 aromatic heterocycles. The van der Waals surface area contributed by atoms with Crippen LogP contribution in [0.5, 0.6) is 5.75 Å². The molecule has 5 N–H and O–H groups in total. The van der Waals surface area contributed by atoms with Crippen LogP contribution in [0.15, 0.2) is 24.5 Å². The van der Waals surface area contributed by atoms with Crippen LogP contribution in [-0.2, 0) is 4.74 Å². The third kappa shape index (κ3) is 5.42. The number of ether oxygens (including phenoxy) is 2. The molecule has 1 aliphatic rings. The first-order valence-electron chi connectivity index (χ1n) is 10.1. The molecule has 0 saturated heterocycles. The van der Waals surface area contributed by atoms with E-state index in [1.165, 1.54) is 19.4 Å². The van der Waals surface area contributed by atoms with Crippen molar-refractivity contribution < 1.29 is 23.0 Å². The van der Waals surface area contributed by atoms with Gasteiger partial charge in [0.25, 0.3) is 0 Å². The fourth-order valence-corrected chi connectivity index (χ4v) is 3.11. The van der Waals surface area contributed by atoms with E-state index in [9.17, 15) is 13.6 Å². The van der Waals surface area contributed by atoms with Gasteiger partial charge >= 0.3 is 12.7 Å². The van der Waals surface area contributed by atoms with E-state index in [0.29, 0.717) is 47.6 Å². The summed E-state index contributed by atoms with van der Waals surface area (Å²) in [6.07, 6.45) is 4.51. The number of aromatic amines is 1. The Kier molecular flexibility index (Phi) is 6.47. The fourth-order valence-electron chi connectivity index (χ4n) is 3.11. The van der Waals surface area contributed by atoms with E-state index in [1.807, 2.05) is 0 Å². The van der Waals surface area contributed by atoms with E-state index in [4.69, 9.17) is 5.73 Å². The summed E-state index contributed by atoms with van der Waals surface area (Å²) in [6, 6.07) is 3.08. The summed E-state index contributed by atoms with van der Waals surface area (Å²) < 4.78 is 34.5. The maximum Gasteiger partial charge on any atom is 0.406 e. The number of pyridine rings is 1. The van der Waals surface area contributed by atoms with Gasteiger partial charge in [-0.1, -0.05) is 0 Å². The van der Waals surface area contributed by atoms with Crippen LogP contribution in [0, 0.1) is 0 Å². The van der Waals surface area contributed by atoms with Crippen molar-refractivity contribution >= 4 is 17.9 Å². The number of hydrogen-bond acceptors (Lipinski definition) is 9. The predicted molar refractivity (Wildman–Crippen MR) is 115 cm³/mol. The average Bonchev–Trinajstić information content (AvgIpc) is 3.56. The molecule has 0 bridgehead atoms. The van der Waals surface area contributed by atoms with Crippen molar-refractivity contribution in [3.05, 3.63) is 30.4 Å². The van der Waals surface area contributed by atoms with Gasteiger partial charge in [-0.15, -0.1) is 0 Å². The summed E-state index contributed by atoms with van der Waals surface area (Å²) in [5.41, 5.74) is 7.74. The second-order valence-corrected chi connectivity index (χ2v) is 7.22. The van der Waals surface area contributed by atoms with Crippen molar-refractivity contribution in [2.24, 2.45) is 0 Å². The Morgan fingerprint density at radius 3 is 2.85 bits per heavy atom. The first-order chi connectivity index (χ1) is 15.9. The number of rotatable bonds is 9. The zero-order valence-corrected chi connectivity index (χ0v) is 17.6. The average molecular weight is 460 g/mol. The number of anilines is 2. The fraction of sp³-hybridized carbons (Fsp3) is 0.350. The zero-order valence-electron chi connectivity index (χ0n) is 17.6. The van der Waals surface area contributed by atoms with Gasteiger partial charge in [0, 0.05) is 37.0 Å². The molecule has 4 rings (SSSR count). The Hall–Kier alpha value is -4.03. The molecule has 3 heterocycles. The molecule has 0 aromatic carbocycles. The van der Waals surface area contributed by atoms with Crippen LogP contribution in [0.4, 0.5) is 25.3 Å². The second-order valence-electron chi connectivity index (χ2n) is 7.22. The van der Waals surface area contributed by atoms with E-state index >= 15 is 0 Å². The molecule has 0 radical (unpaired) electrons. The lowest BCUT2D eigenvalue weighted by atomic mass is 10.1. The summed E-state index contributed by atoms with van der Waals surface area (Å²) in [7, 11) is 1.28. The largest absolute Gasteiger partial charge is 0.453 e. The van der Waals surface area contributed by atoms with E-state index in [1.54, 1.807) is 12.3 Å². The highest BCUT2D eigenvalue weighted by atomic mass is 19.3. The number of imidazole rings is 1. The predicted octanol–water partition coefficient (Wildman–Crippen LogP) is 2.76. The molecular formula is C20H22F2N8O3. The van der Waals surface area contributed by atoms with Crippen molar-refractivity contribution in [3.63, 3.8) is 0 Å². The number of amides is 1. The number of hydrogen-bond donors (Lipinski definition) is 4. The molecule has 0 unspecified atom stereocenters. The number of nitrogens with zero attached hydrogens (tertiary/aromatic N) is 4. The molecule has 1 saturated carbocycles. The number of methoxy groups -OCH3 is 1. The topological polar surface area (TPSA) is 153 Å². The van der Waals surface area contributed by atoms with Crippen LogP contribution in [-0.4, -0.2) is 57.8 Å². The van der Waals surface area contributed by atoms with Crippen molar-refractivity contribution in [1.82, 2.24) is 30.2 Å². The van der Waals surface area contributed by atoms with E-state index in [0.717, 1.165) is 18.7 Å². The monoisotopic (exact) mass is 460 g/mol. The van der Waals surface area contributed by atoms with Gasteiger partial charge in [-0.05, 0) is 25.0 Å². The van der Waals surface area contributed by atoms with Crippen LogP contribution in [0.3, 0.4) is 0 Å². The van der Waals surface area contributed by atoms with Crippen molar-refractivity contribution in [1.29, 1.82) is 0 Å². The lowest BCUT2D eigenvalue weighted by molar-refractivity contribution is -0.0494. The Bertz CT molecular complexity index is 1140. The molecule has 11 nitrogen and oxygen atoms in total. The molecule has 0 aliphatic heterocycles. The third-order valence-corrected chi connectivity index (χ3v) is 4.83. The van der Waals surface area contributed by atoms with Crippen LogP contribution in [0.25, 0.3) is 22.6 Å². The molecule has 3 aromatic rings. The lowest BCUT2D eigenvalue weighted by Crippen LogP contribution is -2.28. The summed E-state index contributed by atoms with van der Waals surface area (Å²) >= 11 is 0. The zero-order chi connectivity index (χ0) is 23.4. The Morgan fingerprint density at radius 2 is 2.12 bits per heavy atom. The minimum Gasteiger partial charge on any atom is -0.453 e. The van der Waals surface area contributed by atoms with Crippen molar-refractivity contribution in [3.8, 4) is 28.4 Å². The standard InChI is InChI=1S/C20H22F2N8O3/c1-32-20(31)26-7-6-25-19-24-5-4-12(28-19)15-14(29-17(30-15)10-2-3-10)11-8-13(33-18(21)22)16(23)27-9-11/h4-5,8-10,18H,2-3,6-7H2,1H3,(H2,23,27)(H,26,31)(H,29,30)(H,24,25,28). The third-order valence-electron chi connectivity index (χ3n) is 4.83. The molecule has 1 aliphatic carbocycles. The molecule has 174 valence electrons. The minimum atomic E-state index is -3.03. The number of nitrogen functional groups attached to an aromatic ring is 1. The highest BCUT2D eigenvalue weighted by Gasteiger charge is 2.29. The van der Waals surface area contributed by atoms with E-state index < -0.39 is 12.7 Å². The van der Waals surface area contributed by atoms with Gasteiger partial charge in [0.15, 0.2) is 11.6 Å². The summed E-state index contributed by atoms with van der Waals surface area (Å²) in [5, 5.41) is 5.56. The van der Waals surface area contributed by atoms with Crippen LogP contribution in [0.2, 0.25) is 0 Å². The van der Waals surface area contributed by atoms with Gasteiger partial charge in [0.1, 0.15) is 5.82 Å². The quantitative estimate of drug-likeness (QED) is 0.353. The number of alkyl carbamates (subject to hydrolysis) is 1. The Labute approximate surface area is 187 Å². The maximum absolute atomic E-state index is 12.8. The highest BCUT2D eigenvalue weighted by Crippen LogP contribution is 2.42. The van der Waals surface area contributed by atoms with Crippen LogP contribution < -0.4 is 21.1 Å². The van der Waals surface area contributed by atoms with Crippen molar-refractivity contribution in [2.75, 3.05) is 31.2 Å². The highest BCUT2D eigenvalue weighted by molar-refractivity contribution is 5.78. The molecule has 1 amide bonds.